The largest absolute Gasteiger partial charge is 0.378 e. The Balaban J connectivity index is 1.44. The van der Waals surface area contributed by atoms with Gasteiger partial charge in [0.2, 0.25) is 5.91 Å². The van der Waals surface area contributed by atoms with E-state index in [1.54, 1.807) is 0 Å². The van der Waals surface area contributed by atoms with E-state index in [-0.39, 0.29) is 0 Å². The van der Waals surface area contributed by atoms with Crippen LogP contribution in [0.15, 0.2) is 0 Å². The number of hydrogen-bond acceptors (Lipinski definition) is 2. The van der Waals surface area contributed by atoms with Crippen LogP contribution >= 0.6 is 0 Å². The number of ether oxygens (including phenoxy) is 1. The zero-order chi connectivity index (χ0) is 19.9. The molecule has 0 bridgehead atoms. The second-order valence-corrected chi connectivity index (χ2v) is 11.0. The molecule has 3 aliphatic carbocycles. The van der Waals surface area contributed by atoms with Crippen molar-refractivity contribution in [3.8, 4) is 0 Å². The van der Waals surface area contributed by atoms with Crippen LogP contribution in [0.4, 0.5) is 0 Å². The highest BCUT2D eigenvalue weighted by atomic mass is 16.5. The quantitative estimate of drug-likeness (QED) is 0.536. The standard InChI is InChI=1S/C25H43NO2/c1-5-6-7-8-17-28-22-12-10-19-18-9-11-21-24(2,16-14-23(27)26(21)4)20(18)13-15-25(19,22)3/h18-22H,5-17H2,1-4H3/t18-,19-,20-,21+,22?,24+,25-/m0/s1. The minimum atomic E-state index is 0.339. The number of carbonyl (C=O) groups excluding carboxylic acids is 1. The lowest BCUT2D eigenvalue weighted by molar-refractivity contribution is -0.161. The highest BCUT2D eigenvalue weighted by molar-refractivity contribution is 5.77. The monoisotopic (exact) mass is 389 g/mol. The van der Waals surface area contributed by atoms with Crippen molar-refractivity contribution in [1.82, 2.24) is 4.90 Å². The molecule has 0 aromatic heterocycles. The van der Waals surface area contributed by atoms with Crippen LogP contribution in [-0.4, -0.2) is 36.6 Å². The van der Waals surface area contributed by atoms with Crippen molar-refractivity contribution in [3.63, 3.8) is 0 Å². The van der Waals surface area contributed by atoms with Gasteiger partial charge in [-0.1, -0.05) is 40.0 Å². The van der Waals surface area contributed by atoms with Gasteiger partial charge >= 0.3 is 0 Å². The molecule has 4 aliphatic rings. The van der Waals surface area contributed by atoms with Crippen LogP contribution < -0.4 is 0 Å². The fraction of sp³-hybridized carbons (Fsp3) is 0.960. The summed E-state index contributed by atoms with van der Waals surface area (Å²) in [6.07, 6.45) is 15.4. The minimum Gasteiger partial charge on any atom is -0.378 e. The molecule has 3 nitrogen and oxygen atoms in total. The van der Waals surface area contributed by atoms with Gasteiger partial charge in [0, 0.05) is 26.1 Å². The predicted octanol–water partition coefficient (Wildman–Crippen LogP) is 5.82. The van der Waals surface area contributed by atoms with Gasteiger partial charge in [0.05, 0.1) is 6.10 Å². The van der Waals surface area contributed by atoms with E-state index < -0.39 is 0 Å². The molecular weight excluding hydrogens is 346 g/mol. The number of nitrogens with zero attached hydrogens (tertiary/aromatic N) is 1. The Morgan fingerprint density at radius 2 is 1.75 bits per heavy atom. The third-order valence-corrected chi connectivity index (χ3v) is 9.79. The van der Waals surface area contributed by atoms with E-state index in [1.165, 1.54) is 64.2 Å². The number of unbranched alkanes of at least 4 members (excludes halogenated alkanes) is 3. The summed E-state index contributed by atoms with van der Waals surface area (Å²) in [5.41, 5.74) is 0.734. The number of hydrogen-bond donors (Lipinski definition) is 0. The average molecular weight is 390 g/mol. The molecule has 0 radical (unpaired) electrons. The molecule has 7 atom stereocenters. The third-order valence-electron chi connectivity index (χ3n) is 9.79. The Labute approximate surface area is 173 Å². The first kappa shape index (κ1) is 20.7. The van der Waals surface area contributed by atoms with Gasteiger partial charge in [0.25, 0.3) is 0 Å². The van der Waals surface area contributed by atoms with Crippen molar-refractivity contribution < 1.29 is 9.53 Å². The van der Waals surface area contributed by atoms with Gasteiger partial charge in [-0.15, -0.1) is 0 Å². The molecular formula is C25H43NO2. The maximum atomic E-state index is 12.3. The molecule has 4 rings (SSSR count). The van der Waals surface area contributed by atoms with Crippen LogP contribution in [0.3, 0.4) is 0 Å². The average Bonchev–Trinajstić information content (AvgIpc) is 3.01. The molecule has 160 valence electrons. The number of likely N-dealkylation sites (tertiary alicyclic amines) is 1. The first-order valence-corrected chi connectivity index (χ1v) is 12.3. The maximum absolute atomic E-state index is 12.3. The summed E-state index contributed by atoms with van der Waals surface area (Å²) in [4.78, 5) is 14.4. The van der Waals surface area contributed by atoms with Crippen molar-refractivity contribution in [2.45, 2.75) is 110 Å². The molecule has 4 fully saturated rings. The molecule has 1 heterocycles. The number of amides is 1. The molecule has 1 amide bonds. The lowest BCUT2D eigenvalue weighted by Gasteiger charge is -2.61. The third kappa shape index (κ3) is 3.24. The Bertz CT molecular complexity index is 577. The molecule has 1 saturated heterocycles. The summed E-state index contributed by atoms with van der Waals surface area (Å²) in [7, 11) is 2.07. The highest BCUT2D eigenvalue weighted by Gasteiger charge is 2.61. The molecule has 3 saturated carbocycles. The van der Waals surface area contributed by atoms with Crippen molar-refractivity contribution in [2.75, 3.05) is 13.7 Å². The van der Waals surface area contributed by atoms with Crippen LogP contribution in [0.2, 0.25) is 0 Å². The molecule has 28 heavy (non-hydrogen) atoms. The first-order valence-electron chi connectivity index (χ1n) is 12.3. The van der Waals surface area contributed by atoms with Crippen LogP contribution in [0.5, 0.6) is 0 Å². The van der Waals surface area contributed by atoms with Crippen LogP contribution in [0.25, 0.3) is 0 Å². The summed E-state index contributed by atoms with van der Waals surface area (Å²) >= 11 is 0. The fourth-order valence-corrected chi connectivity index (χ4v) is 8.13. The second-order valence-electron chi connectivity index (χ2n) is 11.0. The summed E-state index contributed by atoms with van der Waals surface area (Å²) in [5, 5.41) is 0. The van der Waals surface area contributed by atoms with Gasteiger partial charge in [0.1, 0.15) is 0 Å². The lowest BCUT2D eigenvalue weighted by Crippen LogP contribution is -2.61. The summed E-state index contributed by atoms with van der Waals surface area (Å²) in [5.74, 6) is 2.88. The van der Waals surface area contributed by atoms with E-state index in [1.807, 2.05) is 0 Å². The molecule has 0 aromatic carbocycles. The topological polar surface area (TPSA) is 29.5 Å². The Hall–Kier alpha value is -0.570. The van der Waals surface area contributed by atoms with E-state index in [4.69, 9.17) is 4.74 Å². The van der Waals surface area contributed by atoms with Crippen molar-refractivity contribution in [3.05, 3.63) is 0 Å². The van der Waals surface area contributed by atoms with Gasteiger partial charge in [-0.05, 0) is 80.0 Å². The smallest absolute Gasteiger partial charge is 0.222 e. The highest BCUT2D eigenvalue weighted by Crippen LogP contribution is 2.65. The van der Waals surface area contributed by atoms with Crippen LogP contribution in [-0.2, 0) is 9.53 Å². The van der Waals surface area contributed by atoms with Crippen LogP contribution in [0.1, 0.15) is 97.8 Å². The molecule has 1 aliphatic heterocycles. The molecule has 1 unspecified atom stereocenters. The van der Waals surface area contributed by atoms with E-state index in [2.05, 4.69) is 32.7 Å². The number of piperidine rings is 1. The van der Waals surface area contributed by atoms with Gasteiger partial charge in [0.15, 0.2) is 0 Å². The molecule has 0 spiro atoms. The maximum Gasteiger partial charge on any atom is 0.222 e. The van der Waals surface area contributed by atoms with E-state index in [9.17, 15) is 4.79 Å². The van der Waals surface area contributed by atoms with E-state index in [0.29, 0.717) is 28.9 Å². The van der Waals surface area contributed by atoms with Gasteiger partial charge in [-0.2, -0.15) is 0 Å². The Morgan fingerprint density at radius 3 is 2.54 bits per heavy atom. The second kappa shape index (κ2) is 7.93. The molecule has 3 heteroatoms. The van der Waals surface area contributed by atoms with Gasteiger partial charge in [-0.3, -0.25) is 4.79 Å². The molecule has 0 aromatic rings. The predicted molar refractivity (Wildman–Crippen MR) is 114 cm³/mol. The normalized spacial score (nSPS) is 45.5. The fourth-order valence-electron chi connectivity index (χ4n) is 8.13. The summed E-state index contributed by atoms with van der Waals surface area (Å²) < 4.78 is 6.51. The minimum absolute atomic E-state index is 0.339. The Morgan fingerprint density at radius 1 is 0.964 bits per heavy atom. The number of fused-ring (bicyclic) bond motifs is 5. The SMILES string of the molecule is CCCCCCOC1CC[C@H]2[C@@H]3CC[C@H]4N(C)C(=O)CC[C@]4(C)[C@H]3CC[C@]12C. The van der Waals surface area contributed by atoms with Gasteiger partial charge < -0.3 is 9.64 Å². The number of rotatable bonds is 6. The summed E-state index contributed by atoms with van der Waals surface area (Å²) in [6, 6.07) is 0.478. The number of carbonyl (C=O) groups is 1. The zero-order valence-corrected chi connectivity index (χ0v) is 18.8. The van der Waals surface area contributed by atoms with E-state index in [0.717, 1.165) is 37.2 Å². The molecule has 0 N–H and O–H groups in total. The van der Waals surface area contributed by atoms with Crippen molar-refractivity contribution >= 4 is 5.91 Å². The first-order chi connectivity index (χ1) is 13.4. The van der Waals surface area contributed by atoms with Crippen molar-refractivity contribution in [1.29, 1.82) is 0 Å². The Kier molecular flexibility index (Phi) is 5.86. The van der Waals surface area contributed by atoms with Gasteiger partial charge in [-0.25, -0.2) is 0 Å². The zero-order valence-electron chi connectivity index (χ0n) is 18.8. The summed E-state index contributed by atoms with van der Waals surface area (Å²) in [6.45, 7) is 8.32. The lowest BCUT2D eigenvalue weighted by atomic mass is 9.47. The van der Waals surface area contributed by atoms with Crippen molar-refractivity contribution in [2.24, 2.45) is 28.6 Å². The van der Waals surface area contributed by atoms with Crippen LogP contribution in [0, 0.1) is 28.6 Å². The van der Waals surface area contributed by atoms with E-state index >= 15 is 0 Å².